The Bertz CT molecular complexity index is 3600. The van der Waals surface area contributed by atoms with Crippen LogP contribution in [0.15, 0.2) is 99.0 Å². The van der Waals surface area contributed by atoms with E-state index < -0.39 is 0 Å². The molecule has 2 spiro atoms. The molecule has 3 saturated heterocycles. The van der Waals surface area contributed by atoms with Crippen LogP contribution in [0.3, 0.4) is 0 Å². The van der Waals surface area contributed by atoms with Gasteiger partial charge in [0.1, 0.15) is 11.5 Å². The summed E-state index contributed by atoms with van der Waals surface area (Å²) in [5.41, 5.74) is 14.1. The zero-order chi connectivity index (χ0) is 62.0. The third kappa shape index (κ3) is 14.0. The van der Waals surface area contributed by atoms with Crippen LogP contribution < -0.4 is 26.1 Å². The molecule has 5 fully saturated rings. The summed E-state index contributed by atoms with van der Waals surface area (Å²) in [4.78, 5) is 62.0. The maximum absolute atomic E-state index is 13.6. The number of carbonyl (C=O) groups is 2. The van der Waals surface area contributed by atoms with Gasteiger partial charge in [0.2, 0.25) is 0 Å². The SMILES string of the molecule is CC1(C)OB(c2ccc(CN3CCCCC3)cc2)OC1(C)C.Cc1cc(C)c(CCC(=O)c2cc(-c3ccc(CN4CCCCC4)cc3)c3c(c2)C2(CCCC2)CO3)c(=O)[nH]1.Cc1cc(C)c(CCC(=O)c2cc(Br)c3c(c2)C2(CCCC2)CO3)c(=O)[nH]1. The number of aromatic nitrogens is 2. The molecule has 2 aliphatic carbocycles. The molecule has 0 unspecified atom stereocenters. The molecule has 466 valence electrons. The van der Waals surface area contributed by atoms with Gasteiger partial charge < -0.3 is 28.8 Å². The summed E-state index contributed by atoms with van der Waals surface area (Å²) in [6.45, 7) is 24.3. The van der Waals surface area contributed by atoms with Crippen molar-refractivity contribution in [2.24, 2.45) is 0 Å². The highest BCUT2D eigenvalue weighted by Gasteiger charge is 2.52. The van der Waals surface area contributed by atoms with Gasteiger partial charge in [0.15, 0.2) is 11.6 Å². The summed E-state index contributed by atoms with van der Waals surface area (Å²) in [5, 5.41) is 0. The fraction of sp³-hybridized carbons (Fsp3) is 0.514. The summed E-state index contributed by atoms with van der Waals surface area (Å²) in [7, 11) is -0.256. The molecule has 13 rings (SSSR count). The Morgan fingerprint density at radius 3 is 1.41 bits per heavy atom. The van der Waals surface area contributed by atoms with Crippen LogP contribution in [0, 0.1) is 27.7 Å². The Morgan fingerprint density at radius 1 is 0.534 bits per heavy atom. The third-order valence-corrected chi connectivity index (χ3v) is 21.3. The van der Waals surface area contributed by atoms with Gasteiger partial charge in [0.25, 0.3) is 11.1 Å². The topological polar surface area (TPSA) is 143 Å². The van der Waals surface area contributed by atoms with Crippen LogP contribution >= 0.6 is 15.9 Å². The average Bonchev–Trinajstić information content (AvgIpc) is 1.70. The largest absolute Gasteiger partial charge is 0.494 e. The molecule has 0 atom stereocenters. The Labute approximate surface area is 530 Å². The first-order valence-electron chi connectivity index (χ1n) is 32.9. The average molecular weight is 1260 g/mol. The van der Waals surface area contributed by atoms with E-state index in [4.69, 9.17) is 18.8 Å². The molecule has 0 radical (unpaired) electrons. The summed E-state index contributed by atoms with van der Waals surface area (Å²) in [5.74, 6) is 2.01. The molecule has 4 aromatic carbocycles. The molecule has 6 aromatic rings. The van der Waals surface area contributed by atoms with Crippen LogP contribution in [-0.2, 0) is 46.1 Å². The number of rotatable bonds is 14. The number of hydrogen-bond donors (Lipinski definition) is 2. The van der Waals surface area contributed by atoms with E-state index in [1.807, 2.05) is 58.0 Å². The van der Waals surface area contributed by atoms with Crippen molar-refractivity contribution in [1.82, 2.24) is 19.8 Å². The van der Waals surface area contributed by atoms with Gasteiger partial charge in [0, 0.05) is 87.1 Å². The second kappa shape index (κ2) is 26.9. The van der Waals surface area contributed by atoms with Crippen molar-refractivity contribution < 1.29 is 28.4 Å². The Morgan fingerprint density at radius 2 is 0.955 bits per heavy atom. The lowest BCUT2D eigenvalue weighted by Crippen LogP contribution is -2.41. The van der Waals surface area contributed by atoms with E-state index in [1.54, 1.807) is 0 Å². The number of likely N-dealkylation sites (tertiary alicyclic amines) is 2. The minimum absolute atomic E-state index is 0.0271. The van der Waals surface area contributed by atoms with Gasteiger partial charge in [0.05, 0.1) is 28.9 Å². The number of Topliss-reactive ketones (excluding diaryl/α,β-unsaturated/α-hetero) is 2. The third-order valence-electron chi connectivity index (χ3n) is 20.7. The smallest absolute Gasteiger partial charge is 0.492 e. The minimum Gasteiger partial charge on any atom is -0.492 e. The fourth-order valence-corrected chi connectivity index (χ4v) is 15.4. The number of carbonyl (C=O) groups excluding carboxylic acids is 2. The van der Waals surface area contributed by atoms with Crippen molar-refractivity contribution in [3.63, 3.8) is 0 Å². The van der Waals surface area contributed by atoms with Crippen molar-refractivity contribution >= 4 is 40.1 Å². The molecule has 88 heavy (non-hydrogen) atoms. The van der Waals surface area contributed by atoms with E-state index in [0.29, 0.717) is 49.0 Å². The number of aromatic amines is 2. The van der Waals surface area contributed by atoms with Crippen LogP contribution in [0.5, 0.6) is 11.5 Å². The number of hydrogen-bond acceptors (Lipinski definition) is 10. The number of fused-ring (bicyclic) bond motifs is 4. The number of aryl methyl sites for hydroxylation is 4. The quantitative estimate of drug-likeness (QED) is 0.0799. The number of pyridine rings is 2. The molecule has 7 aliphatic rings. The minimum atomic E-state index is -0.274. The highest BCUT2D eigenvalue weighted by Crippen LogP contribution is 2.54. The number of nitrogens with one attached hydrogen (secondary N) is 2. The van der Waals surface area contributed by atoms with Gasteiger partial charge in [-0.3, -0.25) is 29.0 Å². The number of ether oxygens (including phenoxy) is 2. The predicted molar refractivity (Wildman–Crippen MR) is 356 cm³/mol. The van der Waals surface area contributed by atoms with Crippen LogP contribution in [0.1, 0.15) is 207 Å². The van der Waals surface area contributed by atoms with Gasteiger partial charge in [-0.15, -0.1) is 0 Å². The van der Waals surface area contributed by atoms with Gasteiger partial charge >= 0.3 is 7.12 Å². The van der Waals surface area contributed by atoms with Gasteiger partial charge in [-0.05, 0) is 231 Å². The van der Waals surface area contributed by atoms with E-state index in [2.05, 4.69) is 118 Å². The Hall–Kier alpha value is -5.90. The van der Waals surface area contributed by atoms with E-state index in [-0.39, 0.29) is 51.8 Å². The summed E-state index contributed by atoms with van der Waals surface area (Å²) in [6, 6.07) is 29.6. The van der Waals surface area contributed by atoms with Crippen molar-refractivity contribution in [3.05, 3.63) is 177 Å². The van der Waals surface area contributed by atoms with Gasteiger partial charge in [-0.2, -0.15) is 0 Å². The van der Waals surface area contributed by atoms with E-state index >= 15 is 0 Å². The van der Waals surface area contributed by atoms with Crippen LogP contribution in [0.2, 0.25) is 0 Å². The summed E-state index contributed by atoms with van der Waals surface area (Å²) < 4.78 is 25.5. The first kappa shape index (κ1) is 63.7. The lowest BCUT2D eigenvalue weighted by atomic mass is 9.78. The standard InChI is InChI=1S/C34H40N2O3.C22H24BrNO3.C18H28BNO2/c1-23-18-24(2)35-33(38)28(23)12-13-31(37)27-19-29(32-30(20-27)34(22-39-32)14-4-5-15-34)26-10-8-25(9-11-26)21-36-16-6-3-7-17-36;1-13-9-14(2)24-21(26)16(13)5-6-19(25)15-10-17-20(18(23)11-15)27-12-22(17)7-3-4-8-22;1-17(2)18(3,4)22-19(21-17)16-10-8-15(9-11-16)14-20-12-6-5-7-13-20/h8-11,18-20H,3-7,12-17,21-22H2,1-2H3,(H,35,38);9-11H,3-8,12H2,1-2H3,(H,24,26);8-11H,5-7,12-14H2,1-4H3. The number of ketones is 2. The maximum Gasteiger partial charge on any atom is 0.494 e. The lowest BCUT2D eigenvalue weighted by molar-refractivity contribution is 0.00578. The zero-order valence-corrected chi connectivity index (χ0v) is 55.2. The molecule has 0 bridgehead atoms. The van der Waals surface area contributed by atoms with E-state index in [1.165, 1.54) is 113 Å². The molecule has 2 aromatic heterocycles. The van der Waals surface area contributed by atoms with E-state index in [9.17, 15) is 19.2 Å². The Kier molecular flexibility index (Phi) is 19.5. The van der Waals surface area contributed by atoms with Crippen molar-refractivity contribution in [3.8, 4) is 22.6 Å². The summed E-state index contributed by atoms with van der Waals surface area (Å²) >= 11 is 3.59. The molecule has 12 nitrogen and oxygen atoms in total. The van der Waals surface area contributed by atoms with Gasteiger partial charge in [-0.1, -0.05) is 87.1 Å². The first-order valence-corrected chi connectivity index (χ1v) is 33.7. The second-order valence-electron chi connectivity index (χ2n) is 27.7. The van der Waals surface area contributed by atoms with E-state index in [0.717, 1.165) is 106 Å². The zero-order valence-electron chi connectivity index (χ0n) is 53.6. The lowest BCUT2D eigenvalue weighted by Gasteiger charge is -2.32. The van der Waals surface area contributed by atoms with Crippen molar-refractivity contribution in [2.75, 3.05) is 39.4 Å². The number of H-pyrrole nitrogens is 2. The molecule has 5 aliphatic heterocycles. The van der Waals surface area contributed by atoms with Crippen molar-refractivity contribution in [2.45, 2.75) is 206 Å². The fourth-order valence-electron chi connectivity index (χ4n) is 14.8. The monoisotopic (exact) mass is 1250 g/mol. The normalized spacial score (nSPS) is 19.5. The van der Waals surface area contributed by atoms with Crippen LogP contribution in [0.25, 0.3) is 11.1 Å². The second-order valence-corrected chi connectivity index (χ2v) is 28.6. The molecule has 2 saturated carbocycles. The number of benzene rings is 4. The Balaban J connectivity index is 0.000000143. The summed E-state index contributed by atoms with van der Waals surface area (Å²) in [6.07, 6.45) is 18.9. The number of halogens is 1. The van der Waals surface area contributed by atoms with Crippen LogP contribution in [-0.4, -0.2) is 89.0 Å². The van der Waals surface area contributed by atoms with Crippen molar-refractivity contribution in [1.29, 1.82) is 0 Å². The maximum atomic E-state index is 13.6. The number of nitrogens with zero attached hydrogens (tertiary/aromatic N) is 2. The molecule has 2 N–H and O–H groups in total. The highest BCUT2D eigenvalue weighted by atomic mass is 79.9. The molecular formula is C74H92BBrN4O8. The van der Waals surface area contributed by atoms with Crippen LogP contribution in [0.4, 0.5) is 0 Å². The first-order chi connectivity index (χ1) is 42.2. The molecule has 7 heterocycles. The molecular weight excluding hydrogens is 1160 g/mol. The molecule has 0 amide bonds. The van der Waals surface area contributed by atoms with Gasteiger partial charge in [-0.25, -0.2) is 0 Å². The highest BCUT2D eigenvalue weighted by molar-refractivity contribution is 9.10. The predicted octanol–water partition coefficient (Wildman–Crippen LogP) is 14.4. The number of piperidine rings is 2. The molecule has 14 heteroatoms.